The lowest BCUT2D eigenvalue weighted by Gasteiger charge is -2.30. The quantitative estimate of drug-likeness (QED) is 0.689. The first-order valence-electron chi connectivity index (χ1n) is 5.76. The van der Waals surface area contributed by atoms with E-state index in [2.05, 4.69) is 37.9 Å². The summed E-state index contributed by atoms with van der Waals surface area (Å²) in [5.74, 6) is 0. The SMILES string of the molecule is C[C@H]1CN(C2OC2OC(C)(C)C)CCN1. The van der Waals surface area contributed by atoms with Gasteiger partial charge in [-0.05, 0) is 27.7 Å². The highest BCUT2D eigenvalue weighted by atomic mass is 16.8. The molecule has 2 rings (SSSR count). The molecule has 0 bridgehead atoms. The van der Waals surface area contributed by atoms with Crippen molar-refractivity contribution < 1.29 is 9.47 Å². The van der Waals surface area contributed by atoms with Crippen LogP contribution in [0.5, 0.6) is 0 Å². The Labute approximate surface area is 91.9 Å². The summed E-state index contributed by atoms with van der Waals surface area (Å²) < 4.78 is 11.3. The van der Waals surface area contributed by atoms with E-state index >= 15 is 0 Å². The zero-order valence-electron chi connectivity index (χ0n) is 10.1. The monoisotopic (exact) mass is 214 g/mol. The first kappa shape index (κ1) is 11.3. The maximum Gasteiger partial charge on any atom is 0.200 e. The third kappa shape index (κ3) is 3.14. The zero-order chi connectivity index (χ0) is 11.1. The summed E-state index contributed by atoms with van der Waals surface area (Å²) in [6.45, 7) is 11.5. The molecule has 4 heteroatoms. The number of epoxide rings is 1. The van der Waals surface area contributed by atoms with Crippen molar-refractivity contribution in [1.29, 1.82) is 0 Å². The minimum Gasteiger partial charge on any atom is -0.343 e. The Kier molecular flexibility index (Phi) is 3.03. The molecule has 88 valence electrons. The second-order valence-electron chi connectivity index (χ2n) is 5.48. The molecule has 4 nitrogen and oxygen atoms in total. The van der Waals surface area contributed by atoms with Crippen LogP contribution in [0.2, 0.25) is 0 Å². The van der Waals surface area contributed by atoms with Gasteiger partial charge in [-0.2, -0.15) is 0 Å². The summed E-state index contributed by atoms with van der Waals surface area (Å²) in [4.78, 5) is 2.36. The molecule has 2 unspecified atom stereocenters. The summed E-state index contributed by atoms with van der Waals surface area (Å²) in [6.07, 6.45) is 0.170. The Morgan fingerprint density at radius 2 is 2.13 bits per heavy atom. The molecule has 0 radical (unpaired) electrons. The number of rotatable bonds is 2. The molecular weight excluding hydrogens is 192 g/mol. The van der Waals surface area contributed by atoms with Crippen molar-refractivity contribution >= 4 is 0 Å². The molecule has 0 saturated carbocycles. The Bertz CT molecular complexity index is 227. The second kappa shape index (κ2) is 4.01. The molecule has 0 aromatic rings. The van der Waals surface area contributed by atoms with E-state index in [9.17, 15) is 0 Å². The summed E-state index contributed by atoms with van der Waals surface area (Å²) in [6, 6.07) is 0.554. The van der Waals surface area contributed by atoms with E-state index in [0.717, 1.165) is 19.6 Å². The predicted molar refractivity (Wildman–Crippen MR) is 58.5 cm³/mol. The van der Waals surface area contributed by atoms with Gasteiger partial charge >= 0.3 is 0 Å². The van der Waals surface area contributed by atoms with Crippen LogP contribution in [0.3, 0.4) is 0 Å². The Balaban J connectivity index is 1.78. The van der Waals surface area contributed by atoms with E-state index in [1.54, 1.807) is 0 Å². The molecule has 15 heavy (non-hydrogen) atoms. The lowest BCUT2D eigenvalue weighted by molar-refractivity contribution is -0.0578. The lowest BCUT2D eigenvalue weighted by atomic mass is 10.2. The maximum absolute atomic E-state index is 5.77. The second-order valence-corrected chi connectivity index (χ2v) is 5.48. The van der Waals surface area contributed by atoms with Crippen molar-refractivity contribution in [1.82, 2.24) is 10.2 Å². The van der Waals surface area contributed by atoms with Crippen LogP contribution in [-0.2, 0) is 9.47 Å². The molecule has 1 N–H and O–H groups in total. The van der Waals surface area contributed by atoms with E-state index in [-0.39, 0.29) is 18.1 Å². The molecule has 0 amide bonds. The van der Waals surface area contributed by atoms with Crippen LogP contribution in [0.25, 0.3) is 0 Å². The topological polar surface area (TPSA) is 37.0 Å². The highest BCUT2D eigenvalue weighted by molar-refractivity contribution is 4.85. The minimum atomic E-state index is -0.112. The lowest BCUT2D eigenvalue weighted by Crippen LogP contribution is -2.50. The Morgan fingerprint density at radius 3 is 2.73 bits per heavy atom. The van der Waals surface area contributed by atoms with Gasteiger partial charge in [-0.1, -0.05) is 0 Å². The van der Waals surface area contributed by atoms with Gasteiger partial charge in [0.2, 0.25) is 0 Å². The molecule has 0 aromatic carbocycles. The Hall–Kier alpha value is -0.160. The van der Waals surface area contributed by atoms with E-state index in [1.165, 1.54) is 0 Å². The van der Waals surface area contributed by atoms with Crippen molar-refractivity contribution in [2.75, 3.05) is 19.6 Å². The molecule has 3 atom stereocenters. The molecule has 0 aromatic heterocycles. The van der Waals surface area contributed by atoms with Crippen LogP contribution in [-0.4, -0.2) is 48.7 Å². The summed E-state index contributed by atoms with van der Waals surface area (Å²) in [5, 5.41) is 3.42. The van der Waals surface area contributed by atoms with Crippen LogP contribution in [0, 0.1) is 0 Å². The van der Waals surface area contributed by atoms with Crippen LogP contribution in [0.15, 0.2) is 0 Å². The van der Waals surface area contributed by atoms with Gasteiger partial charge in [-0.3, -0.25) is 4.90 Å². The average Bonchev–Trinajstić information content (AvgIpc) is 2.80. The fraction of sp³-hybridized carbons (Fsp3) is 1.00. The van der Waals surface area contributed by atoms with Crippen LogP contribution in [0.4, 0.5) is 0 Å². The average molecular weight is 214 g/mol. The smallest absolute Gasteiger partial charge is 0.200 e. The standard InChI is InChI=1S/C11H22N2O2/c1-8-7-13(6-5-12-8)9-10(14-9)15-11(2,3)4/h8-10,12H,5-7H2,1-4H3/t8-,9?,10?/m0/s1. The van der Waals surface area contributed by atoms with Gasteiger partial charge in [-0.15, -0.1) is 0 Å². The van der Waals surface area contributed by atoms with E-state index in [0.29, 0.717) is 6.04 Å². The fourth-order valence-electron chi connectivity index (χ4n) is 1.98. The maximum atomic E-state index is 5.77. The van der Waals surface area contributed by atoms with Crippen LogP contribution < -0.4 is 5.32 Å². The molecule has 2 aliphatic rings. The summed E-state index contributed by atoms with van der Waals surface area (Å²) >= 11 is 0. The molecule has 0 aliphatic carbocycles. The number of hydrogen-bond acceptors (Lipinski definition) is 4. The van der Waals surface area contributed by atoms with Gasteiger partial charge in [0.05, 0.1) is 5.60 Å². The van der Waals surface area contributed by atoms with Crippen molar-refractivity contribution in [3.8, 4) is 0 Å². The van der Waals surface area contributed by atoms with Crippen molar-refractivity contribution in [2.45, 2.75) is 51.9 Å². The third-order valence-corrected chi connectivity index (χ3v) is 2.66. The number of ether oxygens (including phenoxy) is 2. The molecule has 2 fully saturated rings. The number of nitrogens with zero attached hydrogens (tertiary/aromatic N) is 1. The summed E-state index contributed by atoms with van der Waals surface area (Å²) in [5.41, 5.74) is -0.112. The predicted octanol–water partition coefficient (Wildman–Crippen LogP) is 0.778. The third-order valence-electron chi connectivity index (χ3n) is 2.66. The number of nitrogens with one attached hydrogen (secondary N) is 1. The van der Waals surface area contributed by atoms with E-state index in [4.69, 9.17) is 9.47 Å². The van der Waals surface area contributed by atoms with Gasteiger partial charge in [0.25, 0.3) is 0 Å². The van der Waals surface area contributed by atoms with Crippen LogP contribution in [0.1, 0.15) is 27.7 Å². The van der Waals surface area contributed by atoms with Crippen molar-refractivity contribution in [3.05, 3.63) is 0 Å². The number of hydrogen-bond donors (Lipinski definition) is 1. The molecule has 2 heterocycles. The highest BCUT2D eigenvalue weighted by Gasteiger charge is 2.47. The van der Waals surface area contributed by atoms with Gasteiger partial charge in [-0.25, -0.2) is 0 Å². The first-order valence-corrected chi connectivity index (χ1v) is 5.76. The molecular formula is C11H22N2O2. The molecule has 2 saturated heterocycles. The van der Waals surface area contributed by atoms with E-state index < -0.39 is 0 Å². The largest absolute Gasteiger partial charge is 0.343 e. The molecule has 0 spiro atoms. The highest BCUT2D eigenvalue weighted by Crippen LogP contribution is 2.31. The van der Waals surface area contributed by atoms with Gasteiger partial charge in [0, 0.05) is 25.7 Å². The van der Waals surface area contributed by atoms with Crippen molar-refractivity contribution in [3.63, 3.8) is 0 Å². The first-order chi connectivity index (χ1) is 6.96. The normalized spacial score (nSPS) is 38.0. The van der Waals surface area contributed by atoms with Gasteiger partial charge in [0.15, 0.2) is 12.5 Å². The number of piperazine rings is 1. The minimum absolute atomic E-state index is 0.0182. The van der Waals surface area contributed by atoms with Gasteiger partial charge < -0.3 is 14.8 Å². The Morgan fingerprint density at radius 1 is 1.40 bits per heavy atom. The van der Waals surface area contributed by atoms with E-state index in [1.807, 2.05) is 0 Å². The zero-order valence-corrected chi connectivity index (χ0v) is 10.1. The van der Waals surface area contributed by atoms with Crippen molar-refractivity contribution in [2.24, 2.45) is 0 Å². The molecule has 2 aliphatic heterocycles. The van der Waals surface area contributed by atoms with Gasteiger partial charge in [0.1, 0.15) is 0 Å². The fourth-order valence-corrected chi connectivity index (χ4v) is 1.98. The summed E-state index contributed by atoms with van der Waals surface area (Å²) in [7, 11) is 0. The van der Waals surface area contributed by atoms with Crippen LogP contribution >= 0.6 is 0 Å².